The lowest BCUT2D eigenvalue weighted by Crippen LogP contribution is -2.18. The molecule has 0 bridgehead atoms. The Morgan fingerprint density at radius 3 is 2.80 bits per heavy atom. The maximum absolute atomic E-state index is 13.8. The molecule has 1 N–H and O–H groups in total. The Bertz CT molecular complexity index is 502. The molecule has 1 aliphatic heterocycles. The number of cyclic esters (lactones) is 1. The lowest BCUT2D eigenvalue weighted by Gasteiger charge is -2.13. The van der Waals surface area contributed by atoms with Crippen molar-refractivity contribution in [3.8, 4) is 5.75 Å². The summed E-state index contributed by atoms with van der Waals surface area (Å²) < 4.78 is 48.6. The second-order valence-electron chi connectivity index (χ2n) is 4.65. The molecule has 1 heterocycles. The first-order valence-corrected chi connectivity index (χ1v) is 6.08. The van der Waals surface area contributed by atoms with Crippen LogP contribution in [-0.2, 0) is 4.74 Å². The minimum atomic E-state index is -2.85. The Balaban J connectivity index is 1.97. The minimum Gasteiger partial charge on any atom is -0.490 e. The van der Waals surface area contributed by atoms with E-state index >= 15 is 0 Å². The quantitative estimate of drug-likeness (QED) is 0.906. The van der Waals surface area contributed by atoms with Crippen LogP contribution in [0.2, 0.25) is 0 Å². The fourth-order valence-corrected chi connectivity index (χ4v) is 1.76. The van der Waals surface area contributed by atoms with Crippen LogP contribution < -0.4 is 10.1 Å². The van der Waals surface area contributed by atoms with Gasteiger partial charge in [0, 0.05) is 6.42 Å². The van der Waals surface area contributed by atoms with Gasteiger partial charge in [0.25, 0.3) is 0 Å². The van der Waals surface area contributed by atoms with Gasteiger partial charge in [0.05, 0.1) is 12.6 Å². The number of nitrogens with one attached hydrogen (secondary N) is 1. The van der Waals surface area contributed by atoms with Crippen LogP contribution in [0.5, 0.6) is 5.75 Å². The Kier molecular flexibility index (Phi) is 4.06. The van der Waals surface area contributed by atoms with E-state index in [0.717, 1.165) is 6.92 Å². The van der Waals surface area contributed by atoms with Crippen molar-refractivity contribution in [1.29, 1.82) is 0 Å². The second-order valence-corrected chi connectivity index (χ2v) is 4.65. The maximum atomic E-state index is 13.8. The molecule has 1 atom stereocenters. The molecule has 0 radical (unpaired) electrons. The zero-order chi connectivity index (χ0) is 14.8. The molecule has 7 heteroatoms. The van der Waals surface area contributed by atoms with Crippen molar-refractivity contribution in [1.82, 2.24) is 5.32 Å². The number of hydrogen-bond acceptors (Lipinski definition) is 3. The third-order valence-corrected chi connectivity index (χ3v) is 2.83. The fraction of sp³-hybridized carbons (Fsp3) is 0.462. The number of rotatable bonds is 5. The topological polar surface area (TPSA) is 47.6 Å². The van der Waals surface area contributed by atoms with Crippen molar-refractivity contribution in [2.75, 3.05) is 13.2 Å². The number of alkyl carbamates (subject to hydrolysis) is 1. The number of carbonyl (C=O) groups excluding carboxylic acids is 1. The van der Waals surface area contributed by atoms with E-state index in [1.807, 2.05) is 0 Å². The molecule has 2 rings (SSSR count). The highest BCUT2D eigenvalue weighted by Gasteiger charge is 2.25. The van der Waals surface area contributed by atoms with Crippen LogP contribution in [0.15, 0.2) is 18.2 Å². The Hall–Kier alpha value is -1.92. The zero-order valence-electron chi connectivity index (χ0n) is 10.8. The van der Waals surface area contributed by atoms with Gasteiger partial charge in [0.1, 0.15) is 6.61 Å². The maximum Gasteiger partial charge on any atom is 0.407 e. The minimum absolute atomic E-state index is 0.0942. The summed E-state index contributed by atoms with van der Waals surface area (Å²) in [5.74, 6) is -3.60. The van der Waals surface area contributed by atoms with Gasteiger partial charge in [-0.15, -0.1) is 0 Å². The number of alkyl halides is 2. The molecule has 0 saturated carbocycles. The molecule has 20 heavy (non-hydrogen) atoms. The molecule has 1 aliphatic rings. The van der Waals surface area contributed by atoms with E-state index in [9.17, 15) is 18.0 Å². The van der Waals surface area contributed by atoms with Crippen molar-refractivity contribution < 1.29 is 27.4 Å². The number of halogens is 3. The largest absolute Gasteiger partial charge is 0.490 e. The normalized spacial score (nSPS) is 18.6. The van der Waals surface area contributed by atoms with Gasteiger partial charge in [-0.3, -0.25) is 0 Å². The van der Waals surface area contributed by atoms with Crippen LogP contribution in [0.25, 0.3) is 0 Å². The average molecular weight is 289 g/mol. The number of hydrogen-bond donors (Lipinski definition) is 1. The van der Waals surface area contributed by atoms with Gasteiger partial charge in [-0.1, -0.05) is 6.07 Å². The van der Waals surface area contributed by atoms with Crippen molar-refractivity contribution in [2.24, 2.45) is 0 Å². The smallest absolute Gasteiger partial charge is 0.407 e. The van der Waals surface area contributed by atoms with E-state index in [1.165, 1.54) is 12.1 Å². The second kappa shape index (κ2) is 5.60. The van der Waals surface area contributed by atoms with Crippen molar-refractivity contribution in [3.05, 3.63) is 29.6 Å². The van der Waals surface area contributed by atoms with Crippen LogP contribution in [0, 0.1) is 5.82 Å². The van der Waals surface area contributed by atoms with Crippen LogP contribution in [0.4, 0.5) is 18.0 Å². The molecular formula is C13H14F3NO3. The highest BCUT2D eigenvalue weighted by atomic mass is 19.3. The van der Waals surface area contributed by atoms with Gasteiger partial charge in [-0.25, -0.2) is 18.0 Å². The van der Waals surface area contributed by atoms with E-state index in [1.54, 1.807) is 6.07 Å². The molecular weight excluding hydrogens is 275 g/mol. The molecule has 0 spiro atoms. The summed E-state index contributed by atoms with van der Waals surface area (Å²) >= 11 is 0. The lowest BCUT2D eigenvalue weighted by atomic mass is 10.1. The van der Waals surface area contributed by atoms with E-state index in [4.69, 9.17) is 9.47 Å². The predicted octanol–water partition coefficient (Wildman–Crippen LogP) is 3.03. The zero-order valence-corrected chi connectivity index (χ0v) is 10.8. The SMILES string of the molecule is CC(F)(F)CCOc1ccc(C2COC(=O)N2)cc1F. The van der Waals surface area contributed by atoms with E-state index < -0.39 is 30.3 Å². The predicted molar refractivity (Wildman–Crippen MR) is 64.4 cm³/mol. The lowest BCUT2D eigenvalue weighted by molar-refractivity contribution is 0.000473. The molecule has 1 fully saturated rings. The molecule has 110 valence electrons. The van der Waals surface area contributed by atoms with Crippen LogP contribution >= 0.6 is 0 Å². The van der Waals surface area contributed by atoms with Crippen LogP contribution in [0.1, 0.15) is 24.9 Å². The molecule has 1 amide bonds. The van der Waals surface area contributed by atoms with Crippen molar-refractivity contribution in [3.63, 3.8) is 0 Å². The standard InChI is InChI=1S/C13H14F3NO3/c1-13(15,16)4-5-19-11-3-2-8(6-9(11)14)10-7-20-12(18)17-10/h2-3,6,10H,4-5,7H2,1H3,(H,17,18). The first-order chi connectivity index (χ1) is 9.35. The molecule has 4 nitrogen and oxygen atoms in total. The summed E-state index contributed by atoms with van der Waals surface area (Å²) in [6.07, 6.45) is -1.04. The Morgan fingerprint density at radius 1 is 1.50 bits per heavy atom. The molecule has 0 aliphatic carbocycles. The Labute approximate surface area is 113 Å². The number of amides is 1. The summed E-state index contributed by atoms with van der Waals surface area (Å²) in [4.78, 5) is 10.9. The molecule has 1 aromatic carbocycles. The molecule has 0 aromatic heterocycles. The summed E-state index contributed by atoms with van der Waals surface area (Å²) in [5.41, 5.74) is 0.529. The van der Waals surface area contributed by atoms with Crippen molar-refractivity contribution in [2.45, 2.75) is 25.3 Å². The number of carbonyl (C=O) groups is 1. The van der Waals surface area contributed by atoms with E-state index in [0.29, 0.717) is 5.56 Å². The first kappa shape index (κ1) is 14.5. The number of ether oxygens (including phenoxy) is 2. The van der Waals surface area contributed by atoms with E-state index in [-0.39, 0.29) is 19.0 Å². The summed E-state index contributed by atoms with van der Waals surface area (Å²) in [6, 6.07) is 3.69. The van der Waals surface area contributed by atoms with Crippen molar-refractivity contribution >= 4 is 6.09 Å². The highest BCUT2D eigenvalue weighted by molar-refractivity contribution is 5.70. The van der Waals surface area contributed by atoms with Crippen LogP contribution in [0.3, 0.4) is 0 Å². The molecule has 1 unspecified atom stereocenters. The van der Waals surface area contributed by atoms with Gasteiger partial charge in [-0.2, -0.15) is 0 Å². The fourth-order valence-electron chi connectivity index (χ4n) is 1.76. The molecule has 1 saturated heterocycles. The molecule has 1 aromatic rings. The Morgan fingerprint density at radius 2 is 2.25 bits per heavy atom. The number of benzene rings is 1. The summed E-state index contributed by atoms with van der Waals surface area (Å²) in [7, 11) is 0. The van der Waals surface area contributed by atoms with E-state index in [2.05, 4.69) is 5.32 Å². The van der Waals surface area contributed by atoms with Gasteiger partial charge in [0.2, 0.25) is 5.92 Å². The highest BCUT2D eigenvalue weighted by Crippen LogP contribution is 2.25. The van der Waals surface area contributed by atoms with Gasteiger partial charge < -0.3 is 14.8 Å². The first-order valence-electron chi connectivity index (χ1n) is 6.08. The van der Waals surface area contributed by atoms with Gasteiger partial charge in [-0.05, 0) is 24.6 Å². The monoisotopic (exact) mass is 289 g/mol. The van der Waals surface area contributed by atoms with Crippen LogP contribution in [-0.4, -0.2) is 25.2 Å². The van der Waals surface area contributed by atoms with Gasteiger partial charge in [0.15, 0.2) is 11.6 Å². The third kappa shape index (κ3) is 3.79. The third-order valence-electron chi connectivity index (χ3n) is 2.83. The summed E-state index contributed by atoms with van der Waals surface area (Å²) in [5, 5.41) is 2.51. The summed E-state index contributed by atoms with van der Waals surface area (Å²) in [6.45, 7) is 0.627. The van der Waals surface area contributed by atoms with Gasteiger partial charge >= 0.3 is 6.09 Å². The average Bonchev–Trinajstić information content (AvgIpc) is 2.76.